The molecule has 0 aromatic heterocycles. The summed E-state index contributed by atoms with van der Waals surface area (Å²) in [6.45, 7) is 7.08. The van der Waals surface area contributed by atoms with Gasteiger partial charge in [-0.25, -0.2) is 17.9 Å². The van der Waals surface area contributed by atoms with Crippen LogP contribution in [0.25, 0.3) is 0 Å². The molecule has 0 aliphatic carbocycles. The van der Waals surface area contributed by atoms with Crippen LogP contribution < -0.4 is 20.7 Å². The van der Waals surface area contributed by atoms with Crippen LogP contribution in [0.1, 0.15) is 47.0 Å². The lowest BCUT2D eigenvalue weighted by atomic mass is 9.97. The molecule has 0 spiro atoms. The molecule has 14 nitrogen and oxygen atoms in total. The second kappa shape index (κ2) is 15.3. The first-order chi connectivity index (χ1) is 17.9. The number of ether oxygens (including phenoxy) is 1. The highest BCUT2D eigenvalue weighted by molar-refractivity contribution is 7.88. The standard InChI is InChI=1S/C23H40N4O10S2/c1-7-36-19(28)9-8-17(13-16-10-11-24-21(16)29)25-22(30)18(12-14(2)3)26-23(31)20(27-38(5,32)33)15(4)37-39(6,34)35/h8-9,14-18,20,27H,7,10-13H2,1-6H3,(H,24,29)(H,25,30)(H,26,31)/t15?,16-,17+,18-,20-/m0/s1. The minimum Gasteiger partial charge on any atom is -0.463 e. The number of hydrogen-bond acceptors (Lipinski definition) is 10. The molecule has 1 rings (SSSR count). The Morgan fingerprint density at radius 1 is 1.08 bits per heavy atom. The van der Waals surface area contributed by atoms with Crippen molar-refractivity contribution in [3.63, 3.8) is 0 Å². The molecule has 0 bridgehead atoms. The van der Waals surface area contributed by atoms with E-state index in [0.717, 1.165) is 18.6 Å². The van der Waals surface area contributed by atoms with Crippen LogP contribution >= 0.6 is 0 Å². The van der Waals surface area contributed by atoms with Crippen molar-refractivity contribution < 1.29 is 44.9 Å². The zero-order valence-corrected chi connectivity index (χ0v) is 24.7. The predicted molar refractivity (Wildman–Crippen MR) is 142 cm³/mol. The van der Waals surface area contributed by atoms with Crippen molar-refractivity contribution in [2.75, 3.05) is 25.7 Å². The normalized spacial score (nSPS) is 19.3. The first-order valence-electron chi connectivity index (χ1n) is 12.5. The Kier molecular flexibility index (Phi) is 13.5. The van der Waals surface area contributed by atoms with Gasteiger partial charge < -0.3 is 20.7 Å². The fourth-order valence-electron chi connectivity index (χ4n) is 3.92. The van der Waals surface area contributed by atoms with Gasteiger partial charge in [0.05, 0.1) is 25.2 Å². The van der Waals surface area contributed by atoms with Gasteiger partial charge in [0.25, 0.3) is 10.1 Å². The van der Waals surface area contributed by atoms with Crippen LogP contribution in [-0.2, 0) is 48.2 Å². The van der Waals surface area contributed by atoms with Crippen LogP contribution in [0, 0.1) is 11.8 Å². The molecule has 4 N–H and O–H groups in total. The molecule has 0 radical (unpaired) electrons. The molecule has 0 aromatic rings. The summed E-state index contributed by atoms with van der Waals surface area (Å²) in [6, 6.07) is -3.60. The van der Waals surface area contributed by atoms with Gasteiger partial charge in [-0.3, -0.25) is 18.6 Å². The van der Waals surface area contributed by atoms with E-state index in [4.69, 9.17) is 8.92 Å². The topological polar surface area (TPSA) is 203 Å². The van der Waals surface area contributed by atoms with E-state index in [9.17, 15) is 36.0 Å². The monoisotopic (exact) mass is 596 g/mol. The first kappa shape index (κ1) is 34.5. The molecule has 1 saturated heterocycles. The molecular weight excluding hydrogens is 556 g/mol. The molecule has 39 heavy (non-hydrogen) atoms. The van der Waals surface area contributed by atoms with Gasteiger partial charge in [0.2, 0.25) is 27.7 Å². The van der Waals surface area contributed by atoms with Gasteiger partial charge in [0, 0.05) is 24.6 Å². The van der Waals surface area contributed by atoms with Crippen molar-refractivity contribution in [1.82, 2.24) is 20.7 Å². The molecule has 0 saturated carbocycles. The molecule has 1 aliphatic rings. The molecule has 1 heterocycles. The Bertz CT molecular complexity index is 1120. The van der Waals surface area contributed by atoms with Gasteiger partial charge in [-0.05, 0) is 39.0 Å². The summed E-state index contributed by atoms with van der Waals surface area (Å²) >= 11 is 0. The number of esters is 1. The number of hydrogen-bond donors (Lipinski definition) is 4. The molecule has 3 amide bonds. The molecule has 1 aliphatic heterocycles. The van der Waals surface area contributed by atoms with Gasteiger partial charge >= 0.3 is 5.97 Å². The number of carbonyl (C=O) groups is 4. The number of nitrogens with one attached hydrogen (secondary N) is 4. The third kappa shape index (κ3) is 13.9. The summed E-state index contributed by atoms with van der Waals surface area (Å²) in [5.74, 6) is -2.94. The van der Waals surface area contributed by atoms with E-state index < -0.39 is 68.1 Å². The average Bonchev–Trinajstić information content (AvgIpc) is 3.17. The van der Waals surface area contributed by atoms with E-state index >= 15 is 0 Å². The lowest BCUT2D eigenvalue weighted by molar-refractivity contribution is -0.137. The van der Waals surface area contributed by atoms with Crippen molar-refractivity contribution >= 4 is 43.8 Å². The van der Waals surface area contributed by atoms with Crippen LogP contribution in [0.5, 0.6) is 0 Å². The highest BCUT2D eigenvalue weighted by Crippen LogP contribution is 2.17. The highest BCUT2D eigenvalue weighted by Gasteiger charge is 2.35. The SMILES string of the molecule is CCOC(=O)C=C[C@H](C[C@@H]1CCNC1=O)NC(=O)[C@H](CC(C)C)NC(=O)[C@@H](NS(C)(=O)=O)C(C)OS(C)(=O)=O. The average molecular weight is 597 g/mol. The van der Waals surface area contributed by atoms with Crippen molar-refractivity contribution in [2.24, 2.45) is 11.8 Å². The lowest BCUT2D eigenvalue weighted by Gasteiger charge is -2.27. The number of carbonyl (C=O) groups excluding carboxylic acids is 4. The van der Waals surface area contributed by atoms with Gasteiger partial charge in [-0.1, -0.05) is 19.9 Å². The highest BCUT2D eigenvalue weighted by atomic mass is 32.2. The molecule has 1 fully saturated rings. The first-order valence-corrected chi connectivity index (χ1v) is 16.2. The van der Waals surface area contributed by atoms with Crippen LogP contribution in [0.15, 0.2) is 12.2 Å². The zero-order chi connectivity index (χ0) is 30.0. The van der Waals surface area contributed by atoms with Gasteiger partial charge in [0.1, 0.15) is 12.1 Å². The molecule has 0 aromatic carbocycles. The Balaban J connectivity index is 3.18. The van der Waals surface area contributed by atoms with Gasteiger partial charge in [-0.2, -0.15) is 8.42 Å². The van der Waals surface area contributed by atoms with E-state index in [0.29, 0.717) is 13.0 Å². The van der Waals surface area contributed by atoms with Crippen molar-refractivity contribution in [3.8, 4) is 0 Å². The number of sulfonamides is 1. The summed E-state index contributed by atoms with van der Waals surface area (Å²) in [7, 11) is -8.03. The molecule has 1 unspecified atom stereocenters. The van der Waals surface area contributed by atoms with Crippen LogP contribution in [0.4, 0.5) is 0 Å². The second-order valence-corrected chi connectivity index (χ2v) is 13.2. The fraction of sp³-hybridized carbons (Fsp3) is 0.739. The van der Waals surface area contributed by atoms with Crippen molar-refractivity contribution in [1.29, 1.82) is 0 Å². The maximum atomic E-state index is 13.3. The summed E-state index contributed by atoms with van der Waals surface area (Å²) in [5.41, 5.74) is 0. The maximum Gasteiger partial charge on any atom is 0.330 e. The summed E-state index contributed by atoms with van der Waals surface area (Å²) in [6.07, 6.45) is 3.54. The maximum absolute atomic E-state index is 13.3. The van der Waals surface area contributed by atoms with E-state index in [1.807, 2.05) is 4.72 Å². The smallest absolute Gasteiger partial charge is 0.330 e. The Morgan fingerprint density at radius 3 is 2.21 bits per heavy atom. The van der Waals surface area contributed by atoms with Crippen LogP contribution in [0.2, 0.25) is 0 Å². The van der Waals surface area contributed by atoms with E-state index in [1.165, 1.54) is 13.0 Å². The van der Waals surface area contributed by atoms with Gasteiger partial charge in [-0.15, -0.1) is 0 Å². The third-order valence-electron chi connectivity index (χ3n) is 5.54. The number of rotatable bonds is 16. The third-order valence-corrected chi connectivity index (χ3v) is 6.87. The molecule has 5 atom stereocenters. The van der Waals surface area contributed by atoms with Gasteiger partial charge in [0.15, 0.2) is 0 Å². The zero-order valence-electron chi connectivity index (χ0n) is 23.1. The minimum atomic E-state index is -4.04. The molecular formula is C23H40N4O10S2. The second-order valence-electron chi connectivity index (χ2n) is 9.80. The molecule has 224 valence electrons. The van der Waals surface area contributed by atoms with Crippen LogP contribution in [-0.4, -0.2) is 90.4 Å². The fourth-order valence-corrected chi connectivity index (χ4v) is 5.34. The summed E-state index contributed by atoms with van der Waals surface area (Å²) in [4.78, 5) is 50.4. The minimum absolute atomic E-state index is 0.0961. The summed E-state index contributed by atoms with van der Waals surface area (Å²) < 4.78 is 58.6. The largest absolute Gasteiger partial charge is 0.463 e. The van der Waals surface area contributed by atoms with E-state index in [1.54, 1.807) is 20.8 Å². The van der Waals surface area contributed by atoms with Crippen molar-refractivity contribution in [3.05, 3.63) is 12.2 Å². The van der Waals surface area contributed by atoms with Crippen molar-refractivity contribution in [2.45, 2.75) is 71.2 Å². The van der Waals surface area contributed by atoms with E-state index in [2.05, 4.69) is 16.0 Å². The van der Waals surface area contributed by atoms with Crippen LogP contribution in [0.3, 0.4) is 0 Å². The Labute approximate surface area is 230 Å². The molecule has 16 heteroatoms. The quantitative estimate of drug-likeness (QED) is 0.0965. The Hall–Kier alpha value is -2.56. The lowest BCUT2D eigenvalue weighted by Crippen LogP contribution is -2.58. The number of amides is 3. The Morgan fingerprint density at radius 2 is 1.72 bits per heavy atom. The van der Waals surface area contributed by atoms with E-state index in [-0.39, 0.29) is 31.3 Å². The predicted octanol–water partition coefficient (Wildman–Crippen LogP) is -1.07. The summed E-state index contributed by atoms with van der Waals surface area (Å²) in [5, 5.41) is 7.93.